The van der Waals surface area contributed by atoms with E-state index in [1.54, 1.807) is 18.2 Å². The molecule has 0 aromatic heterocycles. The van der Waals surface area contributed by atoms with Gasteiger partial charge in [0, 0.05) is 17.4 Å². The fourth-order valence-corrected chi connectivity index (χ4v) is 7.49. The van der Waals surface area contributed by atoms with Crippen LogP contribution in [0.2, 0.25) is 0 Å². The Bertz CT molecular complexity index is 1170. The van der Waals surface area contributed by atoms with Crippen molar-refractivity contribution in [3.63, 3.8) is 0 Å². The molecule has 186 valence electrons. The van der Waals surface area contributed by atoms with Crippen LogP contribution in [0.5, 0.6) is 0 Å². The molecule has 4 aliphatic carbocycles. The summed E-state index contributed by atoms with van der Waals surface area (Å²) in [6.07, 6.45) is 3.42. The molecule has 1 N–H and O–H groups in total. The molecule has 2 fully saturated rings. The maximum atomic E-state index is 13.9. The second-order valence-electron chi connectivity index (χ2n) is 11.1. The van der Waals surface area contributed by atoms with Gasteiger partial charge in [-0.1, -0.05) is 36.8 Å². The van der Waals surface area contributed by atoms with E-state index in [1.807, 2.05) is 19.1 Å². The van der Waals surface area contributed by atoms with E-state index in [1.165, 1.54) is 18.1 Å². The molecule has 0 spiro atoms. The Balaban J connectivity index is 1.45. The summed E-state index contributed by atoms with van der Waals surface area (Å²) >= 11 is 0. The SMILES string of the molecule is CC(=O)c1ccc(C2CC3=C4CC[C@@]5(C)[C@@H](CCC5(O)CC(F)=C(F)F)[C@@H]4CCC3=CC2=O)cc1. The van der Waals surface area contributed by atoms with Crippen LogP contribution in [0.25, 0.3) is 0 Å². The van der Waals surface area contributed by atoms with Gasteiger partial charge in [0.15, 0.2) is 17.4 Å². The molecule has 0 aliphatic heterocycles. The van der Waals surface area contributed by atoms with E-state index < -0.39 is 29.3 Å². The van der Waals surface area contributed by atoms with Gasteiger partial charge in [-0.25, -0.2) is 4.39 Å². The summed E-state index contributed by atoms with van der Waals surface area (Å²) < 4.78 is 39.6. The van der Waals surface area contributed by atoms with Crippen molar-refractivity contribution < 1.29 is 27.9 Å². The van der Waals surface area contributed by atoms with E-state index in [4.69, 9.17) is 0 Å². The number of ketones is 2. The number of allylic oxidation sites excluding steroid dienone is 4. The number of aliphatic hydroxyl groups is 1. The smallest absolute Gasteiger partial charge is 0.301 e. The average molecular weight is 485 g/mol. The molecule has 4 aliphatic rings. The van der Waals surface area contributed by atoms with E-state index >= 15 is 0 Å². The molecule has 2 unspecified atom stereocenters. The highest BCUT2D eigenvalue weighted by molar-refractivity contribution is 5.99. The van der Waals surface area contributed by atoms with Gasteiger partial charge >= 0.3 is 6.08 Å². The van der Waals surface area contributed by atoms with Crippen LogP contribution in [0.1, 0.15) is 87.1 Å². The first-order valence-corrected chi connectivity index (χ1v) is 12.5. The third kappa shape index (κ3) is 3.85. The van der Waals surface area contributed by atoms with Gasteiger partial charge in [0.05, 0.1) is 11.5 Å². The molecule has 5 rings (SSSR count). The molecule has 6 heteroatoms. The zero-order chi connectivity index (χ0) is 25.1. The number of carbonyl (C=O) groups excluding carboxylic acids is 2. The Labute approximate surface area is 203 Å². The minimum Gasteiger partial charge on any atom is -0.389 e. The first-order valence-electron chi connectivity index (χ1n) is 12.5. The first-order chi connectivity index (χ1) is 16.5. The molecule has 5 atom stereocenters. The lowest BCUT2D eigenvalue weighted by Crippen LogP contribution is -2.49. The summed E-state index contributed by atoms with van der Waals surface area (Å²) in [4.78, 5) is 24.6. The standard InChI is InChI=1S/C29H31F3O3/c1-16(33)17-3-5-18(6-4-17)23-14-22-19(13-26(23)34)7-8-21-20(22)9-11-28(2)24(21)10-12-29(28,35)15-25(30)27(31)32/h3-6,13,21,23-24,35H,7-12,14-15H2,1-2H3/t21-,23?,24+,28+,29?/m1/s1. The molecule has 1 aromatic carbocycles. The minimum absolute atomic E-state index is 0.0137. The highest BCUT2D eigenvalue weighted by atomic mass is 19.3. The zero-order valence-electron chi connectivity index (χ0n) is 20.2. The lowest BCUT2D eigenvalue weighted by molar-refractivity contribution is -0.116. The summed E-state index contributed by atoms with van der Waals surface area (Å²) in [7, 11) is 0. The van der Waals surface area contributed by atoms with Crippen LogP contribution in [0.15, 0.2) is 59.0 Å². The van der Waals surface area contributed by atoms with E-state index in [2.05, 4.69) is 0 Å². The molecular formula is C29H31F3O3. The lowest BCUT2D eigenvalue weighted by Gasteiger charge is -2.52. The molecule has 35 heavy (non-hydrogen) atoms. The number of Topliss-reactive ketones (excluding diaryl/α,β-unsaturated/α-hetero) is 1. The second kappa shape index (κ2) is 8.58. The molecule has 1 aromatic rings. The maximum absolute atomic E-state index is 13.9. The van der Waals surface area contributed by atoms with E-state index in [0.717, 1.165) is 30.4 Å². The van der Waals surface area contributed by atoms with Crippen LogP contribution in [0.3, 0.4) is 0 Å². The van der Waals surface area contributed by atoms with Gasteiger partial charge in [0.2, 0.25) is 0 Å². The van der Waals surface area contributed by atoms with Crippen molar-refractivity contribution in [3.8, 4) is 0 Å². The molecule has 0 radical (unpaired) electrons. The fraction of sp³-hybridized carbons (Fsp3) is 0.517. The number of carbonyl (C=O) groups is 2. The lowest BCUT2D eigenvalue weighted by atomic mass is 9.54. The van der Waals surface area contributed by atoms with Crippen molar-refractivity contribution in [1.82, 2.24) is 0 Å². The monoisotopic (exact) mass is 484 g/mol. The Morgan fingerprint density at radius 1 is 1.09 bits per heavy atom. The van der Waals surface area contributed by atoms with Crippen molar-refractivity contribution >= 4 is 11.6 Å². The average Bonchev–Trinajstić information content (AvgIpc) is 3.08. The van der Waals surface area contributed by atoms with Crippen molar-refractivity contribution in [2.75, 3.05) is 0 Å². The van der Waals surface area contributed by atoms with Crippen molar-refractivity contribution in [2.45, 2.75) is 76.7 Å². The molecule has 2 saturated carbocycles. The summed E-state index contributed by atoms with van der Waals surface area (Å²) in [6.45, 7) is 3.47. The van der Waals surface area contributed by atoms with E-state index in [-0.39, 0.29) is 29.3 Å². The Morgan fingerprint density at radius 2 is 1.80 bits per heavy atom. The summed E-state index contributed by atoms with van der Waals surface area (Å²) in [5.41, 5.74) is 3.09. The van der Waals surface area contributed by atoms with Crippen LogP contribution < -0.4 is 0 Å². The van der Waals surface area contributed by atoms with Gasteiger partial charge < -0.3 is 5.11 Å². The number of fused-ring (bicyclic) bond motifs is 4. The Morgan fingerprint density at radius 3 is 2.46 bits per heavy atom. The number of benzene rings is 1. The summed E-state index contributed by atoms with van der Waals surface area (Å²) in [5.74, 6) is -1.40. The molecule has 0 bridgehead atoms. The van der Waals surface area contributed by atoms with Gasteiger partial charge in [0.1, 0.15) is 0 Å². The topological polar surface area (TPSA) is 54.4 Å². The largest absolute Gasteiger partial charge is 0.389 e. The van der Waals surface area contributed by atoms with Crippen LogP contribution in [-0.4, -0.2) is 22.3 Å². The van der Waals surface area contributed by atoms with E-state index in [0.29, 0.717) is 31.2 Å². The summed E-state index contributed by atoms with van der Waals surface area (Å²) in [6, 6.07) is 7.27. The van der Waals surface area contributed by atoms with Gasteiger partial charge in [0.25, 0.3) is 0 Å². The third-order valence-electron chi connectivity index (χ3n) is 9.54. The number of halogens is 3. The van der Waals surface area contributed by atoms with Crippen molar-refractivity contribution in [2.24, 2.45) is 17.3 Å². The van der Waals surface area contributed by atoms with Crippen LogP contribution in [-0.2, 0) is 4.79 Å². The highest BCUT2D eigenvalue weighted by Gasteiger charge is 2.61. The van der Waals surface area contributed by atoms with Gasteiger partial charge in [-0.15, -0.1) is 0 Å². The summed E-state index contributed by atoms with van der Waals surface area (Å²) in [5, 5.41) is 11.4. The molecule has 0 heterocycles. The van der Waals surface area contributed by atoms with Crippen molar-refractivity contribution in [1.29, 1.82) is 0 Å². The maximum Gasteiger partial charge on any atom is 0.301 e. The van der Waals surface area contributed by atoms with E-state index in [9.17, 15) is 27.9 Å². The van der Waals surface area contributed by atoms with Crippen LogP contribution >= 0.6 is 0 Å². The zero-order valence-corrected chi connectivity index (χ0v) is 20.2. The minimum atomic E-state index is -2.34. The van der Waals surface area contributed by atoms with Crippen LogP contribution in [0, 0.1) is 17.3 Å². The second-order valence-corrected chi connectivity index (χ2v) is 11.1. The van der Waals surface area contributed by atoms with Crippen molar-refractivity contribution in [3.05, 3.63) is 70.1 Å². The molecule has 0 saturated heterocycles. The highest BCUT2D eigenvalue weighted by Crippen LogP contribution is 2.65. The van der Waals surface area contributed by atoms with Crippen LogP contribution in [0.4, 0.5) is 13.2 Å². The molecule has 3 nitrogen and oxygen atoms in total. The number of hydrogen-bond acceptors (Lipinski definition) is 3. The molecular weight excluding hydrogens is 453 g/mol. The Hall–Kier alpha value is -2.47. The Kier molecular flexibility index (Phi) is 5.94. The first kappa shape index (κ1) is 24.2. The van der Waals surface area contributed by atoms with Gasteiger partial charge in [-0.05, 0) is 86.5 Å². The normalized spacial score (nSPS) is 34.1. The van der Waals surface area contributed by atoms with Gasteiger partial charge in [-0.2, -0.15) is 8.78 Å². The predicted octanol–water partition coefficient (Wildman–Crippen LogP) is 6.99. The quantitative estimate of drug-likeness (QED) is 0.469. The van der Waals surface area contributed by atoms with Gasteiger partial charge in [-0.3, -0.25) is 9.59 Å². The molecule has 0 amide bonds. The number of hydrogen-bond donors (Lipinski definition) is 1. The third-order valence-corrected chi connectivity index (χ3v) is 9.54. The number of rotatable bonds is 4. The fourth-order valence-electron chi connectivity index (χ4n) is 7.49. The predicted molar refractivity (Wildman–Crippen MR) is 127 cm³/mol.